The Morgan fingerprint density at radius 3 is 1.59 bits per heavy atom. The zero-order valence-corrected chi connectivity index (χ0v) is 15.7. The predicted molar refractivity (Wildman–Crippen MR) is 113 cm³/mol. The number of rotatable bonds is 5. The van der Waals surface area contributed by atoms with Crippen molar-refractivity contribution in [2.24, 2.45) is 0 Å². The molecule has 0 bridgehead atoms. The molecule has 0 amide bonds. The molecular weight excluding hydrogens is 360 g/mol. The van der Waals surface area contributed by atoms with Crippen molar-refractivity contribution in [2.75, 3.05) is 0 Å². The Hall–Kier alpha value is -3.85. The molecule has 0 saturated carbocycles. The minimum Gasteiger partial charge on any atom is -0.508 e. The third kappa shape index (κ3) is 3.17. The highest BCUT2D eigenvalue weighted by atomic mass is 16.3. The van der Waals surface area contributed by atoms with Crippen molar-refractivity contribution in [3.8, 4) is 11.5 Å². The van der Waals surface area contributed by atoms with E-state index in [0.717, 1.165) is 22.3 Å². The van der Waals surface area contributed by atoms with Gasteiger partial charge in [0.2, 0.25) is 0 Å². The van der Waals surface area contributed by atoms with E-state index in [-0.39, 0.29) is 17.1 Å². The number of carbonyl (C=O) groups excluding carboxylic acids is 1. The van der Waals surface area contributed by atoms with Crippen molar-refractivity contribution < 1.29 is 15.0 Å². The first-order valence-corrected chi connectivity index (χ1v) is 9.35. The lowest BCUT2D eigenvalue weighted by atomic mass is 9.65. The van der Waals surface area contributed by atoms with E-state index in [1.54, 1.807) is 24.3 Å². The topological polar surface area (TPSA) is 57.5 Å². The summed E-state index contributed by atoms with van der Waals surface area (Å²) in [5.74, 6) is 0.132. The summed E-state index contributed by atoms with van der Waals surface area (Å²) in [5, 5.41) is 20.0. The SMILES string of the molecule is O=Cc1cc(C(c2ccccc2)(c2ccccc2)c2ccc(O)cc2)ccc1O. The molecular formula is C26H20O3. The van der Waals surface area contributed by atoms with E-state index in [4.69, 9.17) is 0 Å². The number of aromatic hydroxyl groups is 2. The highest BCUT2D eigenvalue weighted by Gasteiger charge is 2.38. The van der Waals surface area contributed by atoms with E-state index in [0.29, 0.717) is 6.29 Å². The van der Waals surface area contributed by atoms with E-state index >= 15 is 0 Å². The Kier molecular flexibility index (Phi) is 4.88. The monoisotopic (exact) mass is 380 g/mol. The fourth-order valence-corrected chi connectivity index (χ4v) is 3.97. The molecule has 3 heteroatoms. The second-order valence-electron chi connectivity index (χ2n) is 6.92. The van der Waals surface area contributed by atoms with Gasteiger partial charge in [-0.15, -0.1) is 0 Å². The third-order valence-electron chi connectivity index (χ3n) is 5.30. The molecule has 0 aromatic heterocycles. The molecule has 0 aliphatic heterocycles. The maximum atomic E-state index is 11.6. The number of aldehydes is 1. The minimum atomic E-state index is -0.734. The highest BCUT2D eigenvalue weighted by molar-refractivity contribution is 5.80. The fourth-order valence-electron chi connectivity index (χ4n) is 3.97. The van der Waals surface area contributed by atoms with Gasteiger partial charge in [-0.2, -0.15) is 0 Å². The van der Waals surface area contributed by atoms with Gasteiger partial charge in [-0.05, 0) is 46.5 Å². The van der Waals surface area contributed by atoms with Crippen LogP contribution in [0.25, 0.3) is 0 Å². The molecule has 4 rings (SSSR count). The van der Waals surface area contributed by atoms with Crippen LogP contribution in [0.15, 0.2) is 103 Å². The van der Waals surface area contributed by atoms with Crippen molar-refractivity contribution >= 4 is 6.29 Å². The minimum absolute atomic E-state index is 0.0514. The lowest BCUT2D eigenvalue weighted by Crippen LogP contribution is -2.31. The van der Waals surface area contributed by atoms with Crippen LogP contribution in [0.2, 0.25) is 0 Å². The maximum absolute atomic E-state index is 11.6. The number of phenols is 2. The molecule has 3 nitrogen and oxygen atoms in total. The highest BCUT2D eigenvalue weighted by Crippen LogP contribution is 2.46. The second kappa shape index (κ2) is 7.64. The molecule has 29 heavy (non-hydrogen) atoms. The van der Waals surface area contributed by atoms with Crippen LogP contribution < -0.4 is 0 Å². The van der Waals surface area contributed by atoms with Gasteiger partial charge in [-0.3, -0.25) is 4.79 Å². The first-order chi connectivity index (χ1) is 14.2. The van der Waals surface area contributed by atoms with Gasteiger partial charge >= 0.3 is 0 Å². The van der Waals surface area contributed by atoms with Gasteiger partial charge in [0.05, 0.1) is 11.0 Å². The molecule has 142 valence electrons. The van der Waals surface area contributed by atoms with E-state index in [1.165, 1.54) is 0 Å². The van der Waals surface area contributed by atoms with Crippen molar-refractivity contribution in [1.29, 1.82) is 0 Å². The molecule has 0 radical (unpaired) electrons. The van der Waals surface area contributed by atoms with Crippen molar-refractivity contribution in [3.63, 3.8) is 0 Å². The number of phenolic OH excluding ortho intramolecular Hbond substituents is 2. The molecule has 0 spiro atoms. The Balaban J connectivity index is 2.15. The summed E-state index contributed by atoms with van der Waals surface area (Å²) in [5.41, 5.74) is 3.31. The summed E-state index contributed by atoms with van der Waals surface area (Å²) in [4.78, 5) is 11.6. The standard InChI is InChI=1S/C26H20O3/c27-18-19-17-23(13-16-25(19)29)26(20-7-3-1-4-8-20,21-9-5-2-6-10-21)22-11-14-24(28)15-12-22/h1-18,28-29H. The van der Waals surface area contributed by atoms with Gasteiger partial charge in [-0.25, -0.2) is 0 Å². The Labute approximate surface area is 169 Å². The smallest absolute Gasteiger partial charge is 0.153 e. The molecule has 0 unspecified atom stereocenters. The average molecular weight is 380 g/mol. The molecule has 4 aromatic rings. The molecule has 2 N–H and O–H groups in total. The van der Waals surface area contributed by atoms with Crippen molar-refractivity contribution in [3.05, 3.63) is 131 Å². The van der Waals surface area contributed by atoms with Crippen LogP contribution in [-0.4, -0.2) is 16.5 Å². The van der Waals surface area contributed by atoms with Crippen LogP contribution >= 0.6 is 0 Å². The van der Waals surface area contributed by atoms with Crippen LogP contribution in [0, 0.1) is 0 Å². The number of carbonyl (C=O) groups is 1. The second-order valence-corrected chi connectivity index (χ2v) is 6.92. The van der Waals surface area contributed by atoms with Gasteiger partial charge in [-0.1, -0.05) is 78.9 Å². The van der Waals surface area contributed by atoms with E-state index in [9.17, 15) is 15.0 Å². The number of benzene rings is 4. The third-order valence-corrected chi connectivity index (χ3v) is 5.30. The Bertz CT molecular complexity index is 1080. The Morgan fingerprint density at radius 1 is 0.586 bits per heavy atom. The van der Waals surface area contributed by atoms with Gasteiger partial charge in [0, 0.05) is 0 Å². The van der Waals surface area contributed by atoms with E-state index in [1.807, 2.05) is 78.9 Å². The van der Waals surface area contributed by atoms with Crippen LogP contribution in [0.1, 0.15) is 32.6 Å². The number of hydrogen-bond donors (Lipinski definition) is 2. The van der Waals surface area contributed by atoms with Crippen LogP contribution in [-0.2, 0) is 5.41 Å². The van der Waals surface area contributed by atoms with Crippen LogP contribution in [0.3, 0.4) is 0 Å². The lowest BCUT2D eigenvalue weighted by molar-refractivity contribution is 0.112. The lowest BCUT2D eigenvalue weighted by Gasteiger charge is -2.37. The quantitative estimate of drug-likeness (QED) is 0.365. The summed E-state index contributed by atoms with van der Waals surface area (Å²) >= 11 is 0. The fraction of sp³-hybridized carbons (Fsp3) is 0.0385. The van der Waals surface area contributed by atoms with Gasteiger partial charge in [0.15, 0.2) is 6.29 Å². The van der Waals surface area contributed by atoms with Gasteiger partial charge in [0.25, 0.3) is 0 Å². The van der Waals surface area contributed by atoms with Crippen LogP contribution in [0.5, 0.6) is 11.5 Å². The largest absolute Gasteiger partial charge is 0.508 e. The summed E-state index contributed by atoms with van der Waals surface area (Å²) in [7, 11) is 0. The van der Waals surface area contributed by atoms with Gasteiger partial charge in [0.1, 0.15) is 11.5 Å². The van der Waals surface area contributed by atoms with Crippen LogP contribution in [0.4, 0.5) is 0 Å². The Morgan fingerprint density at radius 2 is 1.07 bits per heavy atom. The first kappa shape index (κ1) is 18.5. The molecule has 4 aromatic carbocycles. The maximum Gasteiger partial charge on any atom is 0.153 e. The molecule has 0 heterocycles. The first-order valence-electron chi connectivity index (χ1n) is 9.35. The summed E-state index contributed by atoms with van der Waals surface area (Å²) < 4.78 is 0. The van der Waals surface area contributed by atoms with Crippen molar-refractivity contribution in [1.82, 2.24) is 0 Å². The normalized spacial score (nSPS) is 11.2. The van der Waals surface area contributed by atoms with Crippen molar-refractivity contribution in [2.45, 2.75) is 5.41 Å². The van der Waals surface area contributed by atoms with Gasteiger partial charge < -0.3 is 10.2 Å². The molecule has 0 fully saturated rings. The van der Waals surface area contributed by atoms with E-state index < -0.39 is 5.41 Å². The average Bonchev–Trinajstić information content (AvgIpc) is 2.78. The summed E-state index contributed by atoms with van der Waals surface area (Å²) in [6, 6.07) is 32.3. The summed E-state index contributed by atoms with van der Waals surface area (Å²) in [6.07, 6.45) is 0.663. The zero-order chi connectivity index (χ0) is 20.3. The molecule has 0 aliphatic carbocycles. The van der Waals surface area contributed by atoms with E-state index in [2.05, 4.69) is 0 Å². The summed E-state index contributed by atoms with van der Waals surface area (Å²) in [6.45, 7) is 0. The number of hydrogen-bond acceptors (Lipinski definition) is 3. The molecule has 0 saturated heterocycles. The predicted octanol–water partition coefficient (Wildman–Crippen LogP) is 5.29. The molecule has 0 aliphatic rings. The zero-order valence-electron chi connectivity index (χ0n) is 15.7. The molecule has 0 atom stereocenters.